The van der Waals surface area contributed by atoms with Gasteiger partial charge >= 0.3 is 0 Å². The topological polar surface area (TPSA) is 24.5 Å². The van der Waals surface area contributed by atoms with Crippen LogP contribution in [0, 0.1) is 6.92 Å². The third kappa shape index (κ3) is 4.50. The van der Waals surface area contributed by atoms with Crippen LogP contribution in [0.1, 0.15) is 32.3 Å². The first-order chi connectivity index (χ1) is 9.54. The van der Waals surface area contributed by atoms with Gasteiger partial charge in [0.1, 0.15) is 0 Å². The van der Waals surface area contributed by atoms with Gasteiger partial charge in [0.05, 0.1) is 12.2 Å². The van der Waals surface area contributed by atoms with Gasteiger partial charge in [0, 0.05) is 31.9 Å². The van der Waals surface area contributed by atoms with Crippen molar-refractivity contribution in [3.8, 4) is 0 Å². The molecule has 1 N–H and O–H groups in total. The average Bonchev–Trinajstić information content (AvgIpc) is 2.84. The van der Waals surface area contributed by atoms with Crippen molar-refractivity contribution >= 4 is 5.69 Å². The van der Waals surface area contributed by atoms with Crippen molar-refractivity contribution in [2.24, 2.45) is 0 Å². The fourth-order valence-corrected chi connectivity index (χ4v) is 2.71. The average molecular weight is 276 g/mol. The molecule has 1 aliphatic rings. The van der Waals surface area contributed by atoms with Crippen LogP contribution in [-0.4, -0.2) is 38.4 Å². The van der Waals surface area contributed by atoms with Crippen LogP contribution in [0.5, 0.6) is 0 Å². The molecule has 2 rings (SSSR count). The first-order valence-corrected chi connectivity index (χ1v) is 7.71. The Kier molecular flexibility index (Phi) is 5.44. The quantitative estimate of drug-likeness (QED) is 0.864. The number of benzene rings is 1. The largest absolute Gasteiger partial charge is 0.372 e. The second-order valence-corrected chi connectivity index (χ2v) is 6.24. The minimum atomic E-state index is 0.361. The molecule has 0 spiro atoms. The fraction of sp³-hybridized carbons (Fsp3) is 0.647. The number of anilines is 1. The summed E-state index contributed by atoms with van der Waals surface area (Å²) < 4.78 is 6.13. The number of aryl methyl sites for hydroxylation is 1. The highest BCUT2D eigenvalue weighted by molar-refractivity contribution is 5.47. The summed E-state index contributed by atoms with van der Waals surface area (Å²) in [6.45, 7) is 8.44. The molecule has 0 aromatic heterocycles. The fourth-order valence-electron chi connectivity index (χ4n) is 2.71. The highest BCUT2D eigenvalue weighted by Gasteiger charge is 2.26. The van der Waals surface area contributed by atoms with Gasteiger partial charge in [-0.05, 0) is 37.5 Å². The molecule has 3 heteroatoms. The molecule has 3 nitrogen and oxygen atoms in total. The third-order valence-corrected chi connectivity index (χ3v) is 3.87. The molecule has 112 valence electrons. The Hall–Kier alpha value is -1.06. The van der Waals surface area contributed by atoms with E-state index in [-0.39, 0.29) is 0 Å². The summed E-state index contributed by atoms with van der Waals surface area (Å²) in [6.07, 6.45) is 3.08. The summed E-state index contributed by atoms with van der Waals surface area (Å²) in [5.74, 6) is 0. The monoisotopic (exact) mass is 276 g/mol. The van der Waals surface area contributed by atoms with E-state index in [1.54, 1.807) is 0 Å². The Balaban J connectivity index is 1.80. The van der Waals surface area contributed by atoms with Crippen LogP contribution in [-0.2, 0) is 4.74 Å². The number of hydrogen-bond acceptors (Lipinski definition) is 3. The Morgan fingerprint density at radius 1 is 1.30 bits per heavy atom. The first kappa shape index (κ1) is 15.3. The van der Waals surface area contributed by atoms with Gasteiger partial charge in [-0.3, -0.25) is 0 Å². The molecule has 0 aliphatic carbocycles. The number of ether oxygens (including phenoxy) is 1. The van der Waals surface area contributed by atoms with E-state index < -0.39 is 0 Å². The van der Waals surface area contributed by atoms with E-state index in [2.05, 4.69) is 62.3 Å². The zero-order chi connectivity index (χ0) is 14.5. The van der Waals surface area contributed by atoms with E-state index in [9.17, 15) is 0 Å². The van der Waals surface area contributed by atoms with Gasteiger partial charge in [-0.2, -0.15) is 0 Å². The lowest BCUT2D eigenvalue weighted by atomic mass is 10.1. The predicted molar refractivity (Wildman–Crippen MR) is 85.5 cm³/mol. The third-order valence-electron chi connectivity index (χ3n) is 3.87. The SMILES string of the molecule is Cc1cccc(N(C)CC2CCC(CNC(C)C)O2)c1. The van der Waals surface area contributed by atoms with Crippen molar-refractivity contribution in [1.29, 1.82) is 0 Å². The van der Waals surface area contributed by atoms with Crippen molar-refractivity contribution in [2.75, 3.05) is 25.0 Å². The molecule has 0 amide bonds. The highest BCUT2D eigenvalue weighted by Crippen LogP contribution is 2.22. The van der Waals surface area contributed by atoms with Crippen LogP contribution in [0.15, 0.2) is 24.3 Å². The van der Waals surface area contributed by atoms with Crippen LogP contribution < -0.4 is 10.2 Å². The molecule has 20 heavy (non-hydrogen) atoms. The maximum atomic E-state index is 6.13. The second-order valence-electron chi connectivity index (χ2n) is 6.24. The van der Waals surface area contributed by atoms with E-state index in [1.165, 1.54) is 24.1 Å². The number of nitrogens with one attached hydrogen (secondary N) is 1. The molecule has 1 aromatic rings. The number of hydrogen-bond donors (Lipinski definition) is 1. The van der Waals surface area contributed by atoms with E-state index in [4.69, 9.17) is 4.74 Å². The molecule has 0 bridgehead atoms. The van der Waals surface area contributed by atoms with Gasteiger partial charge < -0.3 is 15.0 Å². The van der Waals surface area contributed by atoms with Crippen LogP contribution in [0.4, 0.5) is 5.69 Å². The molecule has 1 fully saturated rings. The molecule has 2 atom stereocenters. The lowest BCUT2D eigenvalue weighted by molar-refractivity contribution is 0.0489. The molecule has 0 radical (unpaired) electrons. The summed E-state index contributed by atoms with van der Waals surface area (Å²) >= 11 is 0. The predicted octanol–water partition coefficient (Wildman–Crippen LogP) is 2.98. The molecule has 1 heterocycles. The van der Waals surface area contributed by atoms with Crippen molar-refractivity contribution in [3.63, 3.8) is 0 Å². The van der Waals surface area contributed by atoms with Crippen LogP contribution in [0.2, 0.25) is 0 Å². The normalized spacial score (nSPS) is 22.4. The first-order valence-electron chi connectivity index (χ1n) is 7.71. The van der Waals surface area contributed by atoms with Crippen molar-refractivity contribution in [2.45, 2.75) is 51.9 Å². The standard InChI is InChI=1S/C17H28N2O/c1-13(2)18-11-16-8-9-17(20-16)12-19(4)15-7-5-6-14(3)10-15/h5-7,10,13,16-18H,8-9,11-12H2,1-4H3. The zero-order valence-electron chi connectivity index (χ0n) is 13.2. The summed E-state index contributed by atoms with van der Waals surface area (Å²) in [7, 11) is 2.15. The number of likely N-dealkylation sites (N-methyl/N-ethyl adjacent to an activating group) is 1. The van der Waals surface area contributed by atoms with Crippen LogP contribution >= 0.6 is 0 Å². The highest BCUT2D eigenvalue weighted by atomic mass is 16.5. The van der Waals surface area contributed by atoms with E-state index in [0.29, 0.717) is 18.2 Å². The van der Waals surface area contributed by atoms with Gasteiger partial charge in [-0.25, -0.2) is 0 Å². The van der Waals surface area contributed by atoms with Crippen molar-refractivity contribution in [3.05, 3.63) is 29.8 Å². The molecule has 0 saturated carbocycles. The molecule has 1 aromatic carbocycles. The van der Waals surface area contributed by atoms with Gasteiger partial charge in [0.25, 0.3) is 0 Å². The Morgan fingerprint density at radius 3 is 2.75 bits per heavy atom. The molecule has 1 aliphatic heterocycles. The summed E-state index contributed by atoms with van der Waals surface area (Å²) in [4.78, 5) is 2.30. The van der Waals surface area contributed by atoms with Gasteiger partial charge in [0.2, 0.25) is 0 Å². The van der Waals surface area contributed by atoms with E-state index in [0.717, 1.165) is 13.1 Å². The zero-order valence-corrected chi connectivity index (χ0v) is 13.2. The number of nitrogens with zero attached hydrogens (tertiary/aromatic N) is 1. The molecular weight excluding hydrogens is 248 g/mol. The Morgan fingerprint density at radius 2 is 2.05 bits per heavy atom. The lowest BCUT2D eigenvalue weighted by Gasteiger charge is -2.24. The molecule has 2 unspecified atom stereocenters. The Labute approximate surface area is 123 Å². The molecule has 1 saturated heterocycles. The molecular formula is C17H28N2O. The van der Waals surface area contributed by atoms with Crippen LogP contribution in [0.25, 0.3) is 0 Å². The summed E-state index contributed by atoms with van der Waals surface area (Å²) in [6, 6.07) is 9.18. The van der Waals surface area contributed by atoms with Gasteiger partial charge in [-0.1, -0.05) is 26.0 Å². The van der Waals surface area contributed by atoms with E-state index >= 15 is 0 Å². The van der Waals surface area contributed by atoms with E-state index in [1.807, 2.05) is 0 Å². The van der Waals surface area contributed by atoms with Crippen molar-refractivity contribution < 1.29 is 4.74 Å². The maximum absolute atomic E-state index is 6.13. The van der Waals surface area contributed by atoms with Gasteiger partial charge in [-0.15, -0.1) is 0 Å². The maximum Gasteiger partial charge on any atom is 0.0755 e. The Bertz CT molecular complexity index is 419. The van der Waals surface area contributed by atoms with Crippen molar-refractivity contribution in [1.82, 2.24) is 5.32 Å². The number of rotatable bonds is 6. The minimum absolute atomic E-state index is 0.361. The minimum Gasteiger partial charge on any atom is -0.372 e. The van der Waals surface area contributed by atoms with Crippen LogP contribution in [0.3, 0.4) is 0 Å². The lowest BCUT2D eigenvalue weighted by Crippen LogP contribution is -2.34. The summed E-state index contributed by atoms with van der Waals surface area (Å²) in [5.41, 5.74) is 2.58. The van der Waals surface area contributed by atoms with Gasteiger partial charge in [0.15, 0.2) is 0 Å². The summed E-state index contributed by atoms with van der Waals surface area (Å²) in [5, 5.41) is 3.46. The second kappa shape index (κ2) is 7.09. The smallest absolute Gasteiger partial charge is 0.0755 e.